The Bertz CT molecular complexity index is 312. The highest BCUT2D eigenvalue weighted by atomic mass is 15.4. The first kappa shape index (κ1) is 9.65. The molecule has 0 atom stereocenters. The summed E-state index contributed by atoms with van der Waals surface area (Å²) in [5, 5.41) is 11.6. The molecule has 1 aliphatic carbocycles. The molecule has 1 heterocycles. The number of hydrogen-bond acceptors (Lipinski definition) is 3. The van der Waals surface area contributed by atoms with Crippen LogP contribution in [0.25, 0.3) is 0 Å². The molecule has 4 heteroatoms. The van der Waals surface area contributed by atoms with Crippen molar-refractivity contribution in [2.24, 2.45) is 5.92 Å². The second-order valence-corrected chi connectivity index (χ2v) is 4.64. The monoisotopic (exact) mass is 194 g/mol. The lowest BCUT2D eigenvalue weighted by Crippen LogP contribution is -2.33. The maximum Gasteiger partial charge on any atom is 0.102 e. The normalized spacial score (nSPS) is 17.4. The zero-order valence-corrected chi connectivity index (χ0v) is 9.12. The van der Waals surface area contributed by atoms with Gasteiger partial charge in [-0.05, 0) is 39.7 Å². The van der Waals surface area contributed by atoms with Crippen LogP contribution in [-0.4, -0.2) is 22.0 Å². The van der Waals surface area contributed by atoms with Gasteiger partial charge in [-0.3, -0.25) is 4.68 Å². The summed E-state index contributed by atoms with van der Waals surface area (Å²) in [4.78, 5) is 0. The molecule has 4 nitrogen and oxygen atoms in total. The van der Waals surface area contributed by atoms with Crippen molar-refractivity contribution in [3.63, 3.8) is 0 Å². The Morgan fingerprint density at radius 2 is 2.29 bits per heavy atom. The fourth-order valence-corrected chi connectivity index (χ4v) is 1.37. The molecule has 0 radical (unpaired) electrons. The Morgan fingerprint density at radius 3 is 2.86 bits per heavy atom. The lowest BCUT2D eigenvalue weighted by molar-refractivity contribution is 0.430. The van der Waals surface area contributed by atoms with Crippen LogP contribution in [0, 0.1) is 5.92 Å². The highest BCUT2D eigenvalue weighted by molar-refractivity contribution is 5.06. The van der Waals surface area contributed by atoms with Gasteiger partial charge in [0.1, 0.15) is 5.69 Å². The first-order valence-electron chi connectivity index (χ1n) is 5.21. The summed E-state index contributed by atoms with van der Waals surface area (Å²) < 4.78 is 1.96. The van der Waals surface area contributed by atoms with Crippen molar-refractivity contribution in [2.75, 3.05) is 7.05 Å². The minimum Gasteiger partial charge on any atom is -0.310 e. The van der Waals surface area contributed by atoms with Gasteiger partial charge in [-0.1, -0.05) is 5.21 Å². The Morgan fingerprint density at radius 1 is 1.57 bits per heavy atom. The quantitative estimate of drug-likeness (QED) is 0.781. The van der Waals surface area contributed by atoms with Crippen molar-refractivity contribution >= 4 is 0 Å². The Hall–Kier alpha value is -0.900. The van der Waals surface area contributed by atoms with Crippen LogP contribution >= 0.6 is 0 Å². The van der Waals surface area contributed by atoms with Crippen molar-refractivity contribution < 1.29 is 0 Å². The highest BCUT2D eigenvalue weighted by Crippen LogP contribution is 2.30. The minimum atomic E-state index is -0.0815. The van der Waals surface area contributed by atoms with E-state index in [1.54, 1.807) is 0 Å². The molecule has 0 aromatic carbocycles. The van der Waals surface area contributed by atoms with E-state index >= 15 is 0 Å². The second kappa shape index (κ2) is 3.35. The van der Waals surface area contributed by atoms with Gasteiger partial charge in [0, 0.05) is 6.54 Å². The average Bonchev–Trinajstić information content (AvgIpc) is 2.81. The minimum absolute atomic E-state index is 0.0815. The molecule has 2 rings (SSSR count). The van der Waals surface area contributed by atoms with Gasteiger partial charge in [0.15, 0.2) is 0 Å². The van der Waals surface area contributed by atoms with E-state index in [1.807, 2.05) is 11.7 Å². The SMILES string of the molecule is CNC(C)(C)c1cn(CC2CC2)nn1. The van der Waals surface area contributed by atoms with E-state index in [9.17, 15) is 0 Å². The molecule has 1 aromatic rings. The summed E-state index contributed by atoms with van der Waals surface area (Å²) in [5.74, 6) is 0.849. The number of hydrogen-bond donors (Lipinski definition) is 1. The Labute approximate surface area is 84.7 Å². The summed E-state index contributed by atoms with van der Waals surface area (Å²) >= 11 is 0. The van der Waals surface area contributed by atoms with Crippen molar-refractivity contribution in [3.8, 4) is 0 Å². The summed E-state index contributed by atoms with van der Waals surface area (Å²) in [6.07, 6.45) is 4.75. The fraction of sp³-hybridized carbons (Fsp3) is 0.800. The van der Waals surface area contributed by atoms with Crippen LogP contribution < -0.4 is 5.32 Å². The van der Waals surface area contributed by atoms with E-state index in [-0.39, 0.29) is 5.54 Å². The van der Waals surface area contributed by atoms with Crippen LogP contribution in [0.4, 0.5) is 0 Å². The second-order valence-electron chi connectivity index (χ2n) is 4.64. The molecule has 1 aromatic heterocycles. The van der Waals surface area contributed by atoms with Gasteiger partial charge in [-0.25, -0.2) is 0 Å². The molecule has 0 spiro atoms. The number of nitrogens with zero attached hydrogens (tertiary/aromatic N) is 3. The fourth-order valence-electron chi connectivity index (χ4n) is 1.37. The molecule has 0 aliphatic heterocycles. The van der Waals surface area contributed by atoms with E-state index in [2.05, 4.69) is 35.7 Å². The molecular formula is C10H18N4. The number of nitrogens with one attached hydrogen (secondary N) is 1. The van der Waals surface area contributed by atoms with Gasteiger partial charge >= 0.3 is 0 Å². The molecule has 0 bridgehead atoms. The Kier molecular flexibility index (Phi) is 2.31. The highest BCUT2D eigenvalue weighted by Gasteiger charge is 2.25. The third-order valence-electron chi connectivity index (χ3n) is 2.95. The summed E-state index contributed by atoms with van der Waals surface area (Å²) in [6.45, 7) is 5.25. The topological polar surface area (TPSA) is 42.7 Å². The molecule has 14 heavy (non-hydrogen) atoms. The molecule has 1 aliphatic rings. The molecule has 1 N–H and O–H groups in total. The predicted molar refractivity (Wildman–Crippen MR) is 54.8 cm³/mol. The number of rotatable bonds is 4. The largest absolute Gasteiger partial charge is 0.310 e. The van der Waals surface area contributed by atoms with E-state index < -0.39 is 0 Å². The van der Waals surface area contributed by atoms with Crippen LogP contribution in [0.15, 0.2) is 6.20 Å². The molecule has 1 saturated carbocycles. The first-order valence-corrected chi connectivity index (χ1v) is 5.21. The third-order valence-corrected chi connectivity index (χ3v) is 2.95. The number of aromatic nitrogens is 3. The molecule has 0 unspecified atom stereocenters. The Balaban J connectivity index is 2.07. The van der Waals surface area contributed by atoms with E-state index in [0.717, 1.165) is 18.2 Å². The van der Waals surface area contributed by atoms with Gasteiger partial charge in [0.2, 0.25) is 0 Å². The van der Waals surface area contributed by atoms with E-state index in [4.69, 9.17) is 0 Å². The summed E-state index contributed by atoms with van der Waals surface area (Å²) in [7, 11) is 1.94. The molecular weight excluding hydrogens is 176 g/mol. The molecule has 0 saturated heterocycles. The molecule has 0 amide bonds. The van der Waals surface area contributed by atoms with E-state index in [1.165, 1.54) is 12.8 Å². The van der Waals surface area contributed by atoms with Gasteiger partial charge in [0.05, 0.1) is 11.7 Å². The lowest BCUT2D eigenvalue weighted by Gasteiger charge is -2.20. The van der Waals surface area contributed by atoms with Gasteiger partial charge in [-0.2, -0.15) is 0 Å². The summed E-state index contributed by atoms with van der Waals surface area (Å²) in [6, 6.07) is 0. The van der Waals surface area contributed by atoms with Crippen LogP contribution in [0.2, 0.25) is 0 Å². The summed E-state index contributed by atoms with van der Waals surface area (Å²) in [5.41, 5.74) is 0.933. The van der Waals surface area contributed by atoms with Crippen LogP contribution in [-0.2, 0) is 12.1 Å². The van der Waals surface area contributed by atoms with Crippen molar-refractivity contribution in [1.29, 1.82) is 0 Å². The van der Waals surface area contributed by atoms with Crippen molar-refractivity contribution in [2.45, 2.75) is 38.8 Å². The predicted octanol–water partition coefficient (Wildman–Crippen LogP) is 1.14. The van der Waals surface area contributed by atoms with Gasteiger partial charge < -0.3 is 5.32 Å². The van der Waals surface area contributed by atoms with Gasteiger partial charge in [-0.15, -0.1) is 5.10 Å². The van der Waals surface area contributed by atoms with E-state index in [0.29, 0.717) is 0 Å². The maximum atomic E-state index is 4.19. The zero-order chi connectivity index (χ0) is 10.2. The first-order chi connectivity index (χ1) is 6.62. The van der Waals surface area contributed by atoms with Crippen molar-refractivity contribution in [3.05, 3.63) is 11.9 Å². The van der Waals surface area contributed by atoms with Crippen molar-refractivity contribution in [1.82, 2.24) is 20.3 Å². The lowest BCUT2D eigenvalue weighted by atomic mass is 10.0. The molecule has 78 valence electrons. The standard InChI is InChI=1S/C10H18N4/c1-10(2,11-3)9-7-14(13-12-9)6-8-4-5-8/h7-8,11H,4-6H2,1-3H3. The van der Waals surface area contributed by atoms with Gasteiger partial charge in [0.25, 0.3) is 0 Å². The maximum absolute atomic E-state index is 4.19. The van der Waals surface area contributed by atoms with Crippen LogP contribution in [0.3, 0.4) is 0 Å². The van der Waals surface area contributed by atoms with Crippen LogP contribution in [0.1, 0.15) is 32.4 Å². The third kappa shape index (κ3) is 1.95. The average molecular weight is 194 g/mol. The zero-order valence-electron chi connectivity index (χ0n) is 9.12. The smallest absolute Gasteiger partial charge is 0.102 e. The molecule has 1 fully saturated rings. The van der Waals surface area contributed by atoms with Crippen LogP contribution in [0.5, 0.6) is 0 Å².